The molecule has 0 fully saturated rings. The minimum Gasteiger partial charge on any atom is -0.381 e. The lowest BCUT2D eigenvalue weighted by Crippen LogP contribution is -2.36. The van der Waals surface area contributed by atoms with Gasteiger partial charge in [-0.1, -0.05) is 18.2 Å². The molecule has 2 aromatic carbocycles. The monoisotopic (exact) mass is 382 g/mol. The quantitative estimate of drug-likeness (QED) is 0.674. The van der Waals surface area contributed by atoms with Gasteiger partial charge in [0, 0.05) is 41.9 Å². The maximum absolute atomic E-state index is 14.2. The van der Waals surface area contributed by atoms with E-state index in [2.05, 4.69) is 5.32 Å². The first-order valence-electron chi connectivity index (χ1n) is 8.89. The lowest BCUT2D eigenvalue weighted by atomic mass is 10.1. The standard InChI is InChI=1S/C21H19FN2O4/c22-20-14(4-1-5-15(20)12-26)10-23-19-8-2-7-17-18(19)11-24(21(17)28)16(13-27)6-3-9-25/h1-2,4-5,7-9,12-13,16,23H,3,6,10-11H2. The third-order valence-corrected chi connectivity index (χ3v) is 4.84. The summed E-state index contributed by atoms with van der Waals surface area (Å²) in [5, 5.41) is 3.12. The largest absolute Gasteiger partial charge is 0.381 e. The zero-order valence-corrected chi connectivity index (χ0v) is 15.1. The van der Waals surface area contributed by atoms with Crippen molar-refractivity contribution in [2.75, 3.05) is 5.32 Å². The maximum atomic E-state index is 14.2. The van der Waals surface area contributed by atoms with Crippen LogP contribution in [-0.2, 0) is 22.7 Å². The van der Waals surface area contributed by atoms with Crippen molar-refractivity contribution in [1.82, 2.24) is 4.90 Å². The van der Waals surface area contributed by atoms with Gasteiger partial charge in [0.15, 0.2) is 6.29 Å². The molecular weight excluding hydrogens is 363 g/mol. The van der Waals surface area contributed by atoms with Crippen LogP contribution in [0, 0.1) is 5.82 Å². The van der Waals surface area contributed by atoms with E-state index in [0.717, 1.165) is 11.8 Å². The normalized spacial score (nSPS) is 13.8. The fourth-order valence-corrected chi connectivity index (χ4v) is 3.34. The molecule has 0 aromatic heterocycles. The van der Waals surface area contributed by atoms with E-state index in [0.29, 0.717) is 29.4 Å². The summed E-state index contributed by atoms with van der Waals surface area (Å²) in [6.07, 6.45) is 2.34. The first-order valence-corrected chi connectivity index (χ1v) is 8.89. The van der Waals surface area contributed by atoms with Gasteiger partial charge < -0.3 is 19.8 Å². The highest BCUT2D eigenvalue weighted by Crippen LogP contribution is 2.31. The van der Waals surface area contributed by atoms with E-state index in [1.807, 2.05) is 0 Å². The van der Waals surface area contributed by atoms with E-state index >= 15 is 0 Å². The summed E-state index contributed by atoms with van der Waals surface area (Å²) in [6.45, 7) is 0.372. The Morgan fingerprint density at radius 1 is 1.14 bits per heavy atom. The van der Waals surface area contributed by atoms with Crippen molar-refractivity contribution in [1.29, 1.82) is 0 Å². The van der Waals surface area contributed by atoms with Gasteiger partial charge in [0.25, 0.3) is 5.91 Å². The fraction of sp³-hybridized carbons (Fsp3) is 0.238. The van der Waals surface area contributed by atoms with Gasteiger partial charge in [-0.2, -0.15) is 0 Å². The Morgan fingerprint density at radius 3 is 2.64 bits per heavy atom. The number of benzene rings is 2. The maximum Gasteiger partial charge on any atom is 0.255 e. The van der Waals surface area contributed by atoms with Crippen LogP contribution in [0.2, 0.25) is 0 Å². The number of aldehydes is 3. The summed E-state index contributed by atoms with van der Waals surface area (Å²) < 4.78 is 14.2. The average Bonchev–Trinajstić information content (AvgIpc) is 3.05. The van der Waals surface area contributed by atoms with Gasteiger partial charge >= 0.3 is 0 Å². The second-order valence-electron chi connectivity index (χ2n) is 6.50. The molecule has 2 aromatic rings. The van der Waals surface area contributed by atoms with Crippen molar-refractivity contribution in [3.8, 4) is 0 Å². The second kappa shape index (κ2) is 8.56. The molecule has 1 aliphatic rings. The van der Waals surface area contributed by atoms with Crippen LogP contribution in [0.25, 0.3) is 0 Å². The number of nitrogens with one attached hydrogen (secondary N) is 1. The van der Waals surface area contributed by atoms with E-state index in [1.165, 1.54) is 11.0 Å². The Kier molecular flexibility index (Phi) is 5.93. The van der Waals surface area contributed by atoms with Crippen molar-refractivity contribution in [3.63, 3.8) is 0 Å². The molecule has 0 spiro atoms. The van der Waals surface area contributed by atoms with Gasteiger partial charge in [0.1, 0.15) is 18.4 Å². The second-order valence-corrected chi connectivity index (χ2v) is 6.50. The summed E-state index contributed by atoms with van der Waals surface area (Å²) in [7, 11) is 0. The fourth-order valence-electron chi connectivity index (χ4n) is 3.34. The molecule has 1 N–H and O–H groups in total. The van der Waals surface area contributed by atoms with E-state index in [4.69, 9.17) is 0 Å². The number of halogens is 1. The predicted octanol–water partition coefficient (Wildman–Crippen LogP) is 2.75. The van der Waals surface area contributed by atoms with Crippen LogP contribution in [-0.4, -0.2) is 35.7 Å². The molecule has 1 unspecified atom stereocenters. The van der Waals surface area contributed by atoms with E-state index < -0.39 is 11.9 Å². The third-order valence-electron chi connectivity index (χ3n) is 4.84. The molecule has 0 saturated heterocycles. The van der Waals surface area contributed by atoms with Crippen molar-refractivity contribution in [3.05, 3.63) is 64.5 Å². The predicted molar refractivity (Wildman–Crippen MR) is 101 cm³/mol. The molecule has 1 atom stereocenters. The molecule has 144 valence electrons. The Bertz CT molecular complexity index is 929. The number of hydrogen-bond acceptors (Lipinski definition) is 5. The summed E-state index contributed by atoms with van der Waals surface area (Å²) >= 11 is 0. The van der Waals surface area contributed by atoms with Gasteiger partial charge in [-0.3, -0.25) is 9.59 Å². The van der Waals surface area contributed by atoms with Crippen LogP contribution in [0.4, 0.5) is 10.1 Å². The molecule has 1 aliphatic heterocycles. The highest BCUT2D eigenvalue weighted by atomic mass is 19.1. The summed E-state index contributed by atoms with van der Waals surface area (Å²) in [4.78, 5) is 47.0. The van der Waals surface area contributed by atoms with Crippen LogP contribution in [0.1, 0.15) is 44.7 Å². The zero-order valence-electron chi connectivity index (χ0n) is 15.1. The number of carbonyl (C=O) groups is 4. The van der Waals surface area contributed by atoms with Gasteiger partial charge in [0.05, 0.1) is 11.6 Å². The Hall–Kier alpha value is -3.35. The van der Waals surface area contributed by atoms with Crippen LogP contribution >= 0.6 is 0 Å². The molecule has 0 saturated carbocycles. The van der Waals surface area contributed by atoms with Crippen molar-refractivity contribution in [2.24, 2.45) is 0 Å². The van der Waals surface area contributed by atoms with Crippen molar-refractivity contribution < 1.29 is 23.6 Å². The van der Waals surface area contributed by atoms with Crippen LogP contribution in [0.15, 0.2) is 36.4 Å². The molecular formula is C21H19FN2O4. The summed E-state index contributed by atoms with van der Waals surface area (Å²) in [6, 6.07) is 9.09. The first kappa shape index (κ1) is 19.4. The van der Waals surface area contributed by atoms with Gasteiger partial charge in [-0.05, 0) is 24.6 Å². The topological polar surface area (TPSA) is 83.6 Å². The number of rotatable bonds is 9. The lowest BCUT2D eigenvalue weighted by molar-refractivity contribution is -0.112. The van der Waals surface area contributed by atoms with Crippen LogP contribution in [0.3, 0.4) is 0 Å². The highest BCUT2D eigenvalue weighted by molar-refractivity contribution is 6.01. The zero-order chi connectivity index (χ0) is 20.1. The molecule has 28 heavy (non-hydrogen) atoms. The Morgan fingerprint density at radius 2 is 1.93 bits per heavy atom. The molecule has 0 bridgehead atoms. The molecule has 7 heteroatoms. The van der Waals surface area contributed by atoms with Gasteiger partial charge in [-0.15, -0.1) is 0 Å². The van der Waals surface area contributed by atoms with E-state index in [9.17, 15) is 23.6 Å². The Labute approximate surface area is 161 Å². The first-order chi connectivity index (χ1) is 13.6. The number of amides is 1. The molecule has 6 nitrogen and oxygen atoms in total. The minimum absolute atomic E-state index is 0.0112. The summed E-state index contributed by atoms with van der Waals surface area (Å²) in [5.41, 5.74) is 2.18. The minimum atomic E-state index is -0.667. The van der Waals surface area contributed by atoms with Crippen molar-refractivity contribution in [2.45, 2.75) is 32.0 Å². The number of hydrogen-bond donors (Lipinski definition) is 1. The van der Waals surface area contributed by atoms with Crippen molar-refractivity contribution >= 4 is 30.5 Å². The number of carbonyl (C=O) groups excluding carboxylic acids is 4. The number of fused-ring (bicyclic) bond motifs is 1. The average molecular weight is 382 g/mol. The molecule has 1 amide bonds. The van der Waals surface area contributed by atoms with Crippen LogP contribution in [0.5, 0.6) is 0 Å². The smallest absolute Gasteiger partial charge is 0.255 e. The SMILES string of the molecule is O=CCCC(C=O)N1Cc2c(NCc3cccc(C=O)c3F)cccc2C1=O. The lowest BCUT2D eigenvalue weighted by Gasteiger charge is -2.22. The molecule has 1 heterocycles. The van der Waals surface area contributed by atoms with E-state index in [-0.39, 0.29) is 37.4 Å². The number of nitrogens with zero attached hydrogens (tertiary/aromatic N) is 1. The molecule has 0 radical (unpaired) electrons. The highest BCUT2D eigenvalue weighted by Gasteiger charge is 2.33. The third kappa shape index (κ3) is 3.69. The number of anilines is 1. The summed E-state index contributed by atoms with van der Waals surface area (Å²) in [5.74, 6) is -0.846. The van der Waals surface area contributed by atoms with Crippen LogP contribution < -0.4 is 5.32 Å². The molecule has 0 aliphatic carbocycles. The van der Waals surface area contributed by atoms with Gasteiger partial charge in [-0.25, -0.2) is 4.39 Å². The van der Waals surface area contributed by atoms with E-state index in [1.54, 1.807) is 30.3 Å². The molecule has 3 rings (SSSR count). The van der Waals surface area contributed by atoms with Gasteiger partial charge in [0.2, 0.25) is 0 Å². The Balaban J connectivity index is 1.81.